The molecule has 166 valence electrons. The second-order valence-corrected chi connectivity index (χ2v) is 9.31. The Balaban J connectivity index is 1.58. The van der Waals surface area contributed by atoms with Gasteiger partial charge >= 0.3 is 6.09 Å². The molecule has 1 aromatic carbocycles. The standard InChI is InChI=1S/C19H26FN3O6S/c1-19(2,3)29-18(26)21-6-7-28-12-4-5-13-11(8-12)9-14(24)17(16(13)20)23-10-15(25)22-30(23)27/h9,12,24H,4-8,10H2,1-3H3,(H,21,26)(H,22,25). The van der Waals surface area contributed by atoms with E-state index < -0.39 is 34.6 Å². The fourth-order valence-corrected chi connectivity index (χ4v) is 4.37. The van der Waals surface area contributed by atoms with Crippen molar-refractivity contribution in [3.63, 3.8) is 0 Å². The number of benzene rings is 1. The van der Waals surface area contributed by atoms with Gasteiger partial charge in [0, 0.05) is 6.54 Å². The van der Waals surface area contributed by atoms with E-state index in [2.05, 4.69) is 10.0 Å². The van der Waals surface area contributed by atoms with Gasteiger partial charge in [-0.05, 0) is 57.2 Å². The molecule has 2 aliphatic rings. The highest BCUT2D eigenvalue weighted by atomic mass is 32.2. The van der Waals surface area contributed by atoms with E-state index in [0.717, 1.165) is 4.31 Å². The summed E-state index contributed by atoms with van der Waals surface area (Å²) in [5, 5.41) is 12.9. The van der Waals surface area contributed by atoms with Crippen LogP contribution in [0.1, 0.15) is 38.3 Å². The van der Waals surface area contributed by atoms with Crippen LogP contribution in [0.15, 0.2) is 6.07 Å². The Morgan fingerprint density at radius 3 is 2.83 bits per heavy atom. The largest absolute Gasteiger partial charge is 0.506 e. The minimum absolute atomic E-state index is 0.188. The first-order chi connectivity index (χ1) is 14.0. The predicted molar refractivity (Wildman–Crippen MR) is 108 cm³/mol. The zero-order valence-corrected chi connectivity index (χ0v) is 17.9. The highest BCUT2D eigenvalue weighted by Crippen LogP contribution is 2.39. The van der Waals surface area contributed by atoms with E-state index in [4.69, 9.17) is 9.47 Å². The number of alkyl carbamates (subject to hydrolysis) is 1. The van der Waals surface area contributed by atoms with Crippen LogP contribution in [0, 0.1) is 5.82 Å². The molecule has 1 heterocycles. The number of aromatic hydroxyl groups is 1. The average Bonchev–Trinajstić information content (AvgIpc) is 2.95. The number of hydrogen-bond donors (Lipinski definition) is 3. The fourth-order valence-electron chi connectivity index (χ4n) is 3.43. The molecule has 0 saturated carbocycles. The molecule has 0 bridgehead atoms. The van der Waals surface area contributed by atoms with Gasteiger partial charge in [-0.25, -0.2) is 13.4 Å². The molecule has 11 heteroatoms. The van der Waals surface area contributed by atoms with Crippen LogP contribution in [0.25, 0.3) is 0 Å². The van der Waals surface area contributed by atoms with Gasteiger partial charge in [-0.2, -0.15) is 0 Å². The maximum absolute atomic E-state index is 15.0. The first-order valence-corrected chi connectivity index (χ1v) is 10.8. The molecule has 1 aliphatic heterocycles. The van der Waals surface area contributed by atoms with Gasteiger partial charge in [0.25, 0.3) is 5.91 Å². The molecule has 3 N–H and O–H groups in total. The number of ether oxygens (including phenoxy) is 2. The fraction of sp³-hybridized carbons (Fsp3) is 0.579. The van der Waals surface area contributed by atoms with Crippen molar-refractivity contribution in [2.45, 2.75) is 51.7 Å². The molecule has 0 aromatic heterocycles. The number of carbonyl (C=O) groups excluding carboxylic acids is 2. The summed E-state index contributed by atoms with van der Waals surface area (Å²) in [5.41, 5.74) is 0.222. The van der Waals surface area contributed by atoms with E-state index in [9.17, 15) is 18.9 Å². The minimum atomic E-state index is -1.92. The van der Waals surface area contributed by atoms with Crippen molar-refractivity contribution in [3.05, 3.63) is 23.0 Å². The van der Waals surface area contributed by atoms with Gasteiger partial charge in [-0.3, -0.25) is 13.8 Å². The SMILES string of the molecule is CC(C)(C)OC(=O)NCCOC1CCc2c(cc(O)c(N3CC(=O)NS3=O)c2F)C1. The van der Waals surface area contributed by atoms with Crippen molar-refractivity contribution in [1.29, 1.82) is 0 Å². The first kappa shape index (κ1) is 22.3. The Morgan fingerprint density at radius 2 is 2.20 bits per heavy atom. The van der Waals surface area contributed by atoms with Crippen molar-refractivity contribution in [2.75, 3.05) is 24.0 Å². The topological polar surface area (TPSA) is 117 Å². The third-order valence-corrected chi connectivity index (χ3v) is 5.75. The number of amides is 2. The molecular formula is C19H26FN3O6S. The van der Waals surface area contributed by atoms with Gasteiger partial charge in [0.05, 0.1) is 12.7 Å². The lowest BCUT2D eigenvalue weighted by atomic mass is 9.88. The number of anilines is 1. The zero-order valence-electron chi connectivity index (χ0n) is 17.1. The molecule has 9 nitrogen and oxygen atoms in total. The maximum atomic E-state index is 15.0. The number of halogens is 1. The van der Waals surface area contributed by atoms with E-state index in [1.807, 2.05) is 0 Å². The van der Waals surface area contributed by atoms with Crippen molar-refractivity contribution in [3.8, 4) is 5.75 Å². The lowest BCUT2D eigenvalue weighted by Crippen LogP contribution is -2.35. The number of nitrogens with one attached hydrogen (secondary N) is 2. The Bertz CT molecular complexity index is 873. The van der Waals surface area contributed by atoms with E-state index in [0.29, 0.717) is 30.4 Å². The van der Waals surface area contributed by atoms with Crippen LogP contribution in [0.4, 0.5) is 14.9 Å². The Morgan fingerprint density at radius 1 is 1.47 bits per heavy atom. The second kappa shape index (κ2) is 8.76. The molecule has 1 aliphatic carbocycles. The molecule has 2 amide bonds. The molecule has 0 radical (unpaired) electrons. The van der Waals surface area contributed by atoms with Gasteiger partial charge in [0.15, 0.2) is 5.82 Å². The molecular weight excluding hydrogens is 417 g/mol. The van der Waals surface area contributed by atoms with E-state index in [1.165, 1.54) is 6.07 Å². The molecule has 2 unspecified atom stereocenters. The highest BCUT2D eigenvalue weighted by Gasteiger charge is 2.34. The summed E-state index contributed by atoms with van der Waals surface area (Å²) in [6.07, 6.45) is 0.618. The average molecular weight is 443 g/mol. The summed E-state index contributed by atoms with van der Waals surface area (Å²) in [6.45, 7) is 5.59. The number of phenols is 1. The predicted octanol–water partition coefficient (Wildman–Crippen LogP) is 1.44. The van der Waals surface area contributed by atoms with Crippen molar-refractivity contribution < 1.29 is 32.8 Å². The second-order valence-electron chi connectivity index (χ2n) is 8.17. The van der Waals surface area contributed by atoms with Gasteiger partial charge in [-0.15, -0.1) is 0 Å². The summed E-state index contributed by atoms with van der Waals surface area (Å²) in [6, 6.07) is 1.43. The van der Waals surface area contributed by atoms with Gasteiger partial charge in [-0.1, -0.05) is 0 Å². The summed E-state index contributed by atoms with van der Waals surface area (Å²) in [4.78, 5) is 23.0. The molecule has 30 heavy (non-hydrogen) atoms. The number of fused-ring (bicyclic) bond motifs is 1. The molecule has 2 atom stereocenters. The van der Waals surface area contributed by atoms with Crippen LogP contribution < -0.4 is 14.3 Å². The number of nitrogens with zero attached hydrogens (tertiary/aromatic N) is 1. The quantitative estimate of drug-likeness (QED) is 0.593. The van der Waals surface area contributed by atoms with Crippen LogP contribution in [0.5, 0.6) is 5.75 Å². The van der Waals surface area contributed by atoms with Gasteiger partial charge < -0.3 is 19.9 Å². The monoisotopic (exact) mass is 443 g/mol. The van der Waals surface area contributed by atoms with Crippen molar-refractivity contribution >= 4 is 28.9 Å². The van der Waals surface area contributed by atoms with Crippen LogP contribution >= 0.6 is 0 Å². The molecule has 1 fully saturated rings. The van der Waals surface area contributed by atoms with E-state index in [1.54, 1.807) is 20.8 Å². The number of carbonyl (C=O) groups is 2. The molecule has 1 aromatic rings. The highest BCUT2D eigenvalue weighted by molar-refractivity contribution is 7.85. The van der Waals surface area contributed by atoms with Crippen LogP contribution in [0.3, 0.4) is 0 Å². The number of hydrogen-bond acceptors (Lipinski definition) is 6. The number of rotatable bonds is 5. The zero-order chi connectivity index (χ0) is 22.1. The lowest BCUT2D eigenvalue weighted by molar-refractivity contribution is -0.117. The minimum Gasteiger partial charge on any atom is -0.506 e. The Hall–Kier alpha value is -2.40. The number of phenolic OH excluding ortho intramolecular Hbond substituents is 1. The normalized spacial score (nSPS) is 21.2. The summed E-state index contributed by atoms with van der Waals surface area (Å²) in [7, 11) is 0. The third kappa shape index (κ3) is 5.20. The Labute approximate surface area is 176 Å². The van der Waals surface area contributed by atoms with Crippen molar-refractivity contribution in [2.24, 2.45) is 0 Å². The lowest BCUT2D eigenvalue weighted by Gasteiger charge is -2.27. The summed E-state index contributed by atoms with van der Waals surface area (Å²) >= 11 is -1.92. The van der Waals surface area contributed by atoms with Crippen LogP contribution in [0.2, 0.25) is 0 Å². The Kier molecular flexibility index (Phi) is 6.51. The van der Waals surface area contributed by atoms with Crippen LogP contribution in [-0.2, 0) is 38.3 Å². The van der Waals surface area contributed by atoms with Gasteiger partial charge in [0.2, 0.25) is 11.2 Å². The maximum Gasteiger partial charge on any atom is 0.407 e. The molecule has 3 rings (SSSR count). The molecule has 0 spiro atoms. The van der Waals surface area contributed by atoms with Crippen molar-refractivity contribution in [1.82, 2.24) is 10.0 Å². The first-order valence-electron chi connectivity index (χ1n) is 9.65. The van der Waals surface area contributed by atoms with Gasteiger partial charge in [0.1, 0.15) is 23.6 Å². The van der Waals surface area contributed by atoms with E-state index >= 15 is 4.39 Å². The summed E-state index contributed by atoms with van der Waals surface area (Å²) in [5.74, 6) is -1.54. The summed E-state index contributed by atoms with van der Waals surface area (Å²) < 4.78 is 41.1. The third-order valence-electron chi connectivity index (χ3n) is 4.64. The molecule has 1 saturated heterocycles. The van der Waals surface area contributed by atoms with Crippen LogP contribution in [-0.4, -0.2) is 52.7 Å². The smallest absolute Gasteiger partial charge is 0.407 e. The van der Waals surface area contributed by atoms with E-state index in [-0.39, 0.29) is 37.2 Å².